The van der Waals surface area contributed by atoms with Crippen LogP contribution in [-0.2, 0) is 22.5 Å². The summed E-state index contributed by atoms with van der Waals surface area (Å²) >= 11 is 0. The fourth-order valence-electron chi connectivity index (χ4n) is 0. The summed E-state index contributed by atoms with van der Waals surface area (Å²) in [5, 5.41) is 0. The van der Waals surface area contributed by atoms with E-state index in [1.54, 1.807) is 0 Å². The fourth-order valence-corrected chi connectivity index (χ4v) is 0. The van der Waals surface area contributed by atoms with Gasteiger partial charge in [-0.1, -0.05) is 0 Å². The molecule has 0 aliphatic rings. The van der Waals surface area contributed by atoms with E-state index in [2.05, 4.69) is 0 Å². The van der Waals surface area contributed by atoms with Crippen LogP contribution in [0.25, 0.3) is 0 Å². The smallest absolute Gasteiger partial charge is 2.00 e. The van der Waals surface area contributed by atoms with Gasteiger partial charge in [0, 0.05) is 0 Å². The molecule has 0 fully saturated rings. The maximum atomic E-state index is 0. The Morgan fingerprint density at radius 3 is 1.00 bits per heavy atom. The first-order valence-corrected chi connectivity index (χ1v) is 0. The average Bonchev–Trinajstić information content (AvgIpc) is 0. The molecule has 4 heavy (non-hydrogen) atoms. The molecule has 0 unspecified atom stereocenters. The molecule has 0 aromatic heterocycles. The number of hydrogen-bond acceptors (Lipinski definition) is 0. The summed E-state index contributed by atoms with van der Waals surface area (Å²) in [6.07, 6.45) is 0. The third-order valence-electron chi connectivity index (χ3n) is 0. The second-order valence-electron chi connectivity index (χ2n) is 0. The van der Waals surface area contributed by atoms with Gasteiger partial charge < -0.3 is 5.48 Å². The monoisotopic (exact) mass is 348 g/mol. The standard InChI is InChI=1S/Ba.La.Mn.O/q+2;+3;+2;-2. The van der Waals surface area contributed by atoms with Crippen molar-refractivity contribution in [3.63, 3.8) is 0 Å². The molecule has 0 saturated heterocycles. The maximum absolute atomic E-state index is 0. The molecule has 1 radical (unpaired) electrons. The summed E-state index contributed by atoms with van der Waals surface area (Å²) in [5.74, 6) is 0. The molecule has 0 aliphatic heterocycles. The first-order chi connectivity index (χ1) is 0. The maximum Gasteiger partial charge on any atom is 3.00 e. The van der Waals surface area contributed by atoms with Crippen molar-refractivity contribution in [3.05, 3.63) is 0 Å². The normalized spacial score (nSPS) is 0. The van der Waals surface area contributed by atoms with Crippen LogP contribution < -0.4 is 0 Å². The van der Waals surface area contributed by atoms with Gasteiger partial charge in [-0.2, -0.15) is 0 Å². The van der Waals surface area contributed by atoms with E-state index in [4.69, 9.17) is 0 Å². The molecule has 0 aliphatic carbocycles. The second kappa shape index (κ2) is 16.3. The minimum atomic E-state index is 0. The molecule has 0 atom stereocenters. The zero-order valence-corrected chi connectivity index (χ0v) is 11.3. The molecule has 0 N–H and O–H groups in total. The van der Waals surface area contributed by atoms with Crippen molar-refractivity contribution >= 4 is 48.9 Å². The van der Waals surface area contributed by atoms with Crippen molar-refractivity contribution in [3.8, 4) is 0 Å². The van der Waals surface area contributed by atoms with Gasteiger partial charge in [0.2, 0.25) is 0 Å². The van der Waals surface area contributed by atoms with Crippen molar-refractivity contribution in [1.82, 2.24) is 0 Å². The van der Waals surface area contributed by atoms with Crippen LogP contribution in [0, 0.1) is 35.6 Å². The van der Waals surface area contributed by atoms with Gasteiger partial charge in [0.1, 0.15) is 0 Å². The van der Waals surface area contributed by atoms with E-state index in [9.17, 15) is 0 Å². The van der Waals surface area contributed by atoms with E-state index in [1.807, 2.05) is 0 Å². The van der Waals surface area contributed by atoms with Crippen LogP contribution in [0.1, 0.15) is 0 Å². The molecule has 1 nitrogen and oxygen atoms in total. The topological polar surface area (TPSA) is 28.5 Å². The van der Waals surface area contributed by atoms with Crippen LogP contribution in [-0.4, -0.2) is 48.9 Å². The van der Waals surface area contributed by atoms with E-state index in [1.165, 1.54) is 0 Å². The van der Waals surface area contributed by atoms with Crippen LogP contribution in [0.15, 0.2) is 0 Å². The molecule has 0 amide bonds. The Morgan fingerprint density at radius 1 is 1.00 bits per heavy atom. The van der Waals surface area contributed by atoms with E-state index in [-0.39, 0.29) is 107 Å². The summed E-state index contributed by atoms with van der Waals surface area (Å²) in [6.45, 7) is 0. The molecule has 0 spiro atoms. The SMILES string of the molecule is [Ba+2].[La+3].[Mn+2].[O-2]. The van der Waals surface area contributed by atoms with Gasteiger partial charge in [-0.25, -0.2) is 0 Å². The molecular formula is BaLaMnO+5. The van der Waals surface area contributed by atoms with E-state index in [0.717, 1.165) is 0 Å². The molecule has 0 bridgehead atoms. The van der Waals surface area contributed by atoms with Gasteiger partial charge in [0.25, 0.3) is 0 Å². The van der Waals surface area contributed by atoms with Crippen molar-refractivity contribution in [1.29, 1.82) is 0 Å². The first-order valence-electron chi connectivity index (χ1n) is 0. The molecule has 4 heteroatoms. The molecule has 0 saturated carbocycles. The van der Waals surface area contributed by atoms with Gasteiger partial charge in [-0.15, -0.1) is 0 Å². The molecule has 0 rings (SSSR count). The first kappa shape index (κ1) is 26.8. The summed E-state index contributed by atoms with van der Waals surface area (Å²) in [4.78, 5) is 0. The molecule has 0 aromatic rings. The van der Waals surface area contributed by atoms with Crippen molar-refractivity contribution in [2.45, 2.75) is 0 Å². The largest absolute Gasteiger partial charge is 3.00 e. The van der Waals surface area contributed by atoms with Gasteiger partial charge in [-0.3, -0.25) is 0 Å². The predicted molar refractivity (Wildman–Crippen MR) is 6.44 cm³/mol. The van der Waals surface area contributed by atoms with Gasteiger partial charge in [0.15, 0.2) is 0 Å². The Labute approximate surface area is 104 Å². The summed E-state index contributed by atoms with van der Waals surface area (Å²) in [5.41, 5.74) is 0. The fraction of sp³-hybridized carbons (Fsp3) is 0. The molecule has 0 heterocycles. The average molecular weight is 347 g/mol. The molecular weight excluding hydrogens is 347 g/mol. The summed E-state index contributed by atoms with van der Waals surface area (Å²) < 4.78 is 0. The zero-order chi connectivity index (χ0) is 0. The Kier molecular flexibility index (Phi) is 109. The third kappa shape index (κ3) is 8.98. The van der Waals surface area contributed by atoms with E-state index in [0.29, 0.717) is 0 Å². The van der Waals surface area contributed by atoms with Crippen molar-refractivity contribution in [2.24, 2.45) is 0 Å². The summed E-state index contributed by atoms with van der Waals surface area (Å²) in [7, 11) is 0. The Hall–Kier alpha value is 3.25. The van der Waals surface area contributed by atoms with Crippen LogP contribution in [0.4, 0.5) is 0 Å². The number of rotatable bonds is 0. The van der Waals surface area contributed by atoms with Crippen LogP contribution in [0.5, 0.6) is 0 Å². The second-order valence-corrected chi connectivity index (χ2v) is 0. The number of hydrogen-bond donors (Lipinski definition) is 0. The Bertz CT molecular complexity index is 8.00. The van der Waals surface area contributed by atoms with E-state index >= 15 is 0 Å². The molecule has 0 aromatic carbocycles. The minimum absolute atomic E-state index is 0. The minimum Gasteiger partial charge on any atom is -2.00 e. The third-order valence-corrected chi connectivity index (χ3v) is 0. The van der Waals surface area contributed by atoms with E-state index < -0.39 is 0 Å². The zero-order valence-electron chi connectivity index (χ0n) is 2.07. The van der Waals surface area contributed by atoms with Crippen LogP contribution >= 0.6 is 0 Å². The van der Waals surface area contributed by atoms with Gasteiger partial charge in [-0.05, 0) is 0 Å². The van der Waals surface area contributed by atoms with Crippen LogP contribution in [0.3, 0.4) is 0 Å². The predicted octanol–water partition coefficient (Wildman–Crippen LogP) is -0.502. The Morgan fingerprint density at radius 2 is 1.00 bits per heavy atom. The van der Waals surface area contributed by atoms with Crippen molar-refractivity contribution in [2.75, 3.05) is 0 Å². The molecule has 13 valence electrons. The summed E-state index contributed by atoms with van der Waals surface area (Å²) in [6, 6.07) is 0. The quantitative estimate of drug-likeness (QED) is 0.529. The van der Waals surface area contributed by atoms with Gasteiger partial charge in [0.05, 0.1) is 0 Å². The Balaban J connectivity index is 0. The van der Waals surface area contributed by atoms with Crippen LogP contribution in [0.2, 0.25) is 0 Å². The van der Waals surface area contributed by atoms with Crippen molar-refractivity contribution < 1.29 is 58.1 Å². The van der Waals surface area contributed by atoms with Gasteiger partial charge >= 0.3 is 102 Å².